The molecule has 0 radical (unpaired) electrons. The standard InChI is InChI=1S/C12H26N2O/c1-5-7-8-9-10-13-11(3)12(15)14(4)6-2/h11,13H,5-10H2,1-4H3. The van der Waals surface area contributed by atoms with Crippen LogP contribution in [0.25, 0.3) is 0 Å². The zero-order chi connectivity index (χ0) is 11.7. The highest BCUT2D eigenvalue weighted by atomic mass is 16.2. The van der Waals surface area contributed by atoms with Gasteiger partial charge < -0.3 is 10.2 Å². The van der Waals surface area contributed by atoms with Crippen LogP contribution in [0.3, 0.4) is 0 Å². The van der Waals surface area contributed by atoms with Gasteiger partial charge >= 0.3 is 0 Å². The SMILES string of the molecule is CCCCCCNC(C)C(=O)N(C)CC. The third kappa shape index (κ3) is 6.50. The minimum atomic E-state index is -0.0448. The lowest BCUT2D eigenvalue weighted by molar-refractivity contribution is -0.131. The van der Waals surface area contributed by atoms with Gasteiger partial charge in [0.05, 0.1) is 6.04 Å². The van der Waals surface area contributed by atoms with Gasteiger partial charge in [-0.1, -0.05) is 26.2 Å². The van der Waals surface area contributed by atoms with E-state index in [4.69, 9.17) is 0 Å². The average molecular weight is 214 g/mol. The van der Waals surface area contributed by atoms with Gasteiger partial charge in [-0.05, 0) is 26.8 Å². The normalized spacial score (nSPS) is 12.5. The van der Waals surface area contributed by atoms with Crippen LogP contribution < -0.4 is 5.32 Å². The number of likely N-dealkylation sites (N-methyl/N-ethyl adjacent to an activating group) is 1. The predicted octanol–water partition coefficient (Wildman–Crippen LogP) is 2.02. The maximum Gasteiger partial charge on any atom is 0.239 e. The Morgan fingerprint density at radius 3 is 2.47 bits per heavy atom. The molecule has 1 amide bonds. The summed E-state index contributed by atoms with van der Waals surface area (Å²) in [4.78, 5) is 13.4. The van der Waals surface area contributed by atoms with Crippen molar-refractivity contribution in [1.29, 1.82) is 0 Å². The fourth-order valence-electron chi connectivity index (χ4n) is 1.44. The molecule has 3 heteroatoms. The first-order valence-electron chi connectivity index (χ1n) is 6.11. The highest BCUT2D eigenvalue weighted by Gasteiger charge is 2.14. The minimum absolute atomic E-state index is 0.0448. The van der Waals surface area contributed by atoms with Gasteiger partial charge in [-0.2, -0.15) is 0 Å². The van der Waals surface area contributed by atoms with Crippen LogP contribution in [0, 0.1) is 0 Å². The topological polar surface area (TPSA) is 32.3 Å². The first-order chi connectivity index (χ1) is 7.13. The Morgan fingerprint density at radius 1 is 1.27 bits per heavy atom. The lowest BCUT2D eigenvalue weighted by atomic mass is 10.2. The summed E-state index contributed by atoms with van der Waals surface area (Å²) >= 11 is 0. The highest BCUT2D eigenvalue weighted by molar-refractivity contribution is 5.81. The molecule has 0 bridgehead atoms. The van der Waals surface area contributed by atoms with Gasteiger partial charge in [-0.3, -0.25) is 4.79 Å². The number of nitrogens with zero attached hydrogens (tertiary/aromatic N) is 1. The van der Waals surface area contributed by atoms with Crippen molar-refractivity contribution in [3.05, 3.63) is 0 Å². The molecule has 0 aliphatic carbocycles. The van der Waals surface area contributed by atoms with Crippen molar-refractivity contribution in [2.24, 2.45) is 0 Å². The monoisotopic (exact) mass is 214 g/mol. The van der Waals surface area contributed by atoms with E-state index in [1.807, 2.05) is 20.9 Å². The van der Waals surface area contributed by atoms with E-state index in [1.54, 1.807) is 4.90 Å². The Kier molecular flexibility index (Phi) is 8.38. The lowest BCUT2D eigenvalue weighted by Crippen LogP contribution is -2.43. The van der Waals surface area contributed by atoms with Gasteiger partial charge in [-0.15, -0.1) is 0 Å². The van der Waals surface area contributed by atoms with Crippen LogP contribution in [-0.4, -0.2) is 37.0 Å². The molecular formula is C12H26N2O. The van der Waals surface area contributed by atoms with E-state index >= 15 is 0 Å². The van der Waals surface area contributed by atoms with Crippen LogP contribution in [0.4, 0.5) is 0 Å². The molecule has 1 atom stereocenters. The summed E-state index contributed by atoms with van der Waals surface area (Å²) in [6.45, 7) is 7.86. The summed E-state index contributed by atoms with van der Waals surface area (Å²) < 4.78 is 0. The lowest BCUT2D eigenvalue weighted by Gasteiger charge is -2.20. The molecule has 15 heavy (non-hydrogen) atoms. The molecule has 0 aromatic rings. The van der Waals surface area contributed by atoms with Crippen molar-refractivity contribution in [3.63, 3.8) is 0 Å². The Morgan fingerprint density at radius 2 is 1.93 bits per heavy atom. The van der Waals surface area contributed by atoms with Crippen LogP contribution in [-0.2, 0) is 4.79 Å². The minimum Gasteiger partial charge on any atom is -0.345 e. The Hall–Kier alpha value is -0.570. The highest BCUT2D eigenvalue weighted by Crippen LogP contribution is 1.98. The smallest absolute Gasteiger partial charge is 0.239 e. The van der Waals surface area contributed by atoms with Gasteiger partial charge in [0.2, 0.25) is 5.91 Å². The maximum atomic E-state index is 11.7. The van der Waals surface area contributed by atoms with Crippen LogP contribution in [0.1, 0.15) is 46.5 Å². The first-order valence-corrected chi connectivity index (χ1v) is 6.11. The van der Waals surface area contributed by atoms with Gasteiger partial charge in [0.25, 0.3) is 0 Å². The molecule has 3 nitrogen and oxygen atoms in total. The summed E-state index contributed by atoms with van der Waals surface area (Å²) in [5.74, 6) is 0.188. The Labute approximate surface area is 94.2 Å². The van der Waals surface area contributed by atoms with E-state index in [0.717, 1.165) is 13.1 Å². The van der Waals surface area contributed by atoms with Gasteiger partial charge in [-0.25, -0.2) is 0 Å². The fraction of sp³-hybridized carbons (Fsp3) is 0.917. The Bertz CT molecular complexity index is 171. The quantitative estimate of drug-likeness (QED) is 0.627. The molecule has 1 N–H and O–H groups in total. The molecule has 90 valence electrons. The van der Waals surface area contributed by atoms with E-state index in [2.05, 4.69) is 12.2 Å². The van der Waals surface area contributed by atoms with Crippen LogP contribution >= 0.6 is 0 Å². The van der Waals surface area contributed by atoms with Crippen molar-refractivity contribution < 1.29 is 4.79 Å². The van der Waals surface area contributed by atoms with E-state index in [9.17, 15) is 4.79 Å². The van der Waals surface area contributed by atoms with Gasteiger partial charge in [0.15, 0.2) is 0 Å². The van der Waals surface area contributed by atoms with Gasteiger partial charge in [0.1, 0.15) is 0 Å². The van der Waals surface area contributed by atoms with E-state index in [-0.39, 0.29) is 11.9 Å². The average Bonchev–Trinajstić information content (AvgIpc) is 2.26. The van der Waals surface area contributed by atoms with Gasteiger partial charge in [0, 0.05) is 13.6 Å². The molecule has 0 saturated heterocycles. The molecule has 0 aliphatic rings. The van der Waals surface area contributed by atoms with Crippen molar-refractivity contribution in [2.45, 2.75) is 52.5 Å². The summed E-state index contributed by atoms with van der Waals surface area (Å²) in [5, 5.41) is 3.27. The molecule has 0 aliphatic heterocycles. The maximum absolute atomic E-state index is 11.7. The second-order valence-corrected chi connectivity index (χ2v) is 4.09. The zero-order valence-electron chi connectivity index (χ0n) is 10.7. The number of nitrogens with one attached hydrogen (secondary N) is 1. The van der Waals surface area contributed by atoms with Crippen molar-refractivity contribution in [1.82, 2.24) is 10.2 Å². The summed E-state index contributed by atoms with van der Waals surface area (Å²) in [7, 11) is 1.84. The van der Waals surface area contributed by atoms with Crippen molar-refractivity contribution in [3.8, 4) is 0 Å². The predicted molar refractivity (Wildman–Crippen MR) is 64.9 cm³/mol. The van der Waals surface area contributed by atoms with E-state index in [0.29, 0.717) is 0 Å². The second-order valence-electron chi connectivity index (χ2n) is 4.09. The molecule has 0 saturated carbocycles. The molecule has 0 aromatic carbocycles. The van der Waals surface area contributed by atoms with E-state index in [1.165, 1.54) is 25.7 Å². The molecule has 1 unspecified atom stereocenters. The largest absolute Gasteiger partial charge is 0.345 e. The molecule has 0 heterocycles. The Balaban J connectivity index is 3.55. The number of carbonyl (C=O) groups excluding carboxylic acids is 1. The third-order valence-corrected chi connectivity index (χ3v) is 2.70. The van der Waals surface area contributed by atoms with Crippen molar-refractivity contribution >= 4 is 5.91 Å². The molecule has 0 rings (SSSR count). The van der Waals surface area contributed by atoms with Crippen LogP contribution in [0.15, 0.2) is 0 Å². The second kappa shape index (κ2) is 8.72. The number of hydrogen-bond donors (Lipinski definition) is 1. The zero-order valence-corrected chi connectivity index (χ0v) is 10.7. The number of rotatable bonds is 8. The molecule has 0 spiro atoms. The summed E-state index contributed by atoms with van der Waals surface area (Å²) in [6.07, 6.45) is 4.97. The molecular weight excluding hydrogens is 188 g/mol. The van der Waals surface area contributed by atoms with Crippen LogP contribution in [0.2, 0.25) is 0 Å². The number of carbonyl (C=O) groups is 1. The fourth-order valence-corrected chi connectivity index (χ4v) is 1.44. The number of hydrogen-bond acceptors (Lipinski definition) is 2. The first kappa shape index (κ1) is 14.4. The summed E-state index contributed by atoms with van der Waals surface area (Å²) in [6, 6.07) is -0.0448. The number of amides is 1. The molecule has 0 aromatic heterocycles. The third-order valence-electron chi connectivity index (χ3n) is 2.70. The number of unbranched alkanes of at least 4 members (excludes halogenated alkanes) is 3. The summed E-state index contributed by atoms with van der Waals surface area (Å²) in [5.41, 5.74) is 0. The van der Waals surface area contributed by atoms with Crippen molar-refractivity contribution in [2.75, 3.05) is 20.1 Å². The van der Waals surface area contributed by atoms with Crippen LogP contribution in [0.5, 0.6) is 0 Å². The molecule has 0 fully saturated rings. The van der Waals surface area contributed by atoms with E-state index < -0.39 is 0 Å².